The van der Waals surface area contributed by atoms with Crippen LogP contribution >= 0.6 is 0 Å². The van der Waals surface area contributed by atoms with Gasteiger partial charge in [-0.15, -0.1) is 0 Å². The second-order valence-electron chi connectivity index (χ2n) is 4.82. The van der Waals surface area contributed by atoms with Crippen LogP contribution in [0.25, 0.3) is 0 Å². The maximum atomic E-state index is 11.7. The first-order valence-electron chi connectivity index (χ1n) is 5.70. The van der Waals surface area contributed by atoms with E-state index in [0.29, 0.717) is 12.8 Å². The van der Waals surface area contributed by atoms with Crippen LogP contribution in [0.15, 0.2) is 0 Å². The largest absolute Gasteiger partial charge is 0.481 e. The summed E-state index contributed by atoms with van der Waals surface area (Å²) >= 11 is 0. The number of hydrogen-bond acceptors (Lipinski definition) is 3. The van der Waals surface area contributed by atoms with E-state index in [9.17, 15) is 9.59 Å². The Kier molecular flexibility index (Phi) is 2.88. The fraction of sp³-hybridized carbons (Fsp3) is 0.818. The SMILES string of the molecule is CC1CCC(C(=O)NCC2(C(=O)O)CC2)O1. The zero-order valence-electron chi connectivity index (χ0n) is 9.36. The second-order valence-corrected chi connectivity index (χ2v) is 4.82. The van der Waals surface area contributed by atoms with E-state index in [1.165, 1.54) is 0 Å². The summed E-state index contributed by atoms with van der Waals surface area (Å²) in [5.41, 5.74) is -0.695. The maximum absolute atomic E-state index is 11.7. The number of carbonyl (C=O) groups excluding carboxylic acids is 1. The molecule has 0 spiro atoms. The van der Waals surface area contributed by atoms with Crippen molar-refractivity contribution in [2.45, 2.75) is 44.8 Å². The molecule has 1 saturated carbocycles. The molecule has 2 N–H and O–H groups in total. The molecular weight excluding hydrogens is 210 g/mol. The van der Waals surface area contributed by atoms with E-state index in [-0.39, 0.29) is 24.7 Å². The molecule has 0 aromatic heterocycles. The molecule has 1 aliphatic heterocycles. The number of carbonyl (C=O) groups is 2. The first-order chi connectivity index (χ1) is 7.53. The van der Waals surface area contributed by atoms with Crippen LogP contribution in [-0.2, 0) is 14.3 Å². The van der Waals surface area contributed by atoms with E-state index in [1.54, 1.807) is 0 Å². The van der Waals surface area contributed by atoms with Crippen molar-refractivity contribution in [2.24, 2.45) is 5.41 Å². The third-order valence-corrected chi connectivity index (χ3v) is 3.43. The Bertz CT molecular complexity index is 311. The zero-order valence-corrected chi connectivity index (χ0v) is 9.36. The first-order valence-corrected chi connectivity index (χ1v) is 5.70. The van der Waals surface area contributed by atoms with Gasteiger partial charge in [-0.1, -0.05) is 0 Å². The summed E-state index contributed by atoms with van der Waals surface area (Å²) in [7, 11) is 0. The summed E-state index contributed by atoms with van der Waals surface area (Å²) in [6.07, 6.45) is 2.68. The van der Waals surface area contributed by atoms with E-state index in [1.807, 2.05) is 6.92 Å². The molecule has 0 radical (unpaired) electrons. The van der Waals surface area contributed by atoms with Crippen LogP contribution in [0.3, 0.4) is 0 Å². The Morgan fingerprint density at radius 2 is 2.12 bits per heavy atom. The van der Waals surface area contributed by atoms with Gasteiger partial charge in [0.05, 0.1) is 11.5 Å². The number of aliphatic carboxylic acids is 1. The lowest BCUT2D eigenvalue weighted by Gasteiger charge is -2.14. The van der Waals surface area contributed by atoms with E-state index in [2.05, 4.69) is 5.32 Å². The number of carboxylic acid groups (broad SMARTS) is 1. The van der Waals surface area contributed by atoms with Crippen molar-refractivity contribution in [1.82, 2.24) is 5.32 Å². The lowest BCUT2D eigenvalue weighted by Crippen LogP contribution is -2.40. The van der Waals surface area contributed by atoms with Gasteiger partial charge in [0.15, 0.2) is 0 Å². The molecule has 0 aromatic rings. The molecule has 1 amide bonds. The minimum Gasteiger partial charge on any atom is -0.481 e. The van der Waals surface area contributed by atoms with Crippen LogP contribution in [-0.4, -0.2) is 35.7 Å². The fourth-order valence-corrected chi connectivity index (χ4v) is 1.98. The molecule has 2 atom stereocenters. The van der Waals surface area contributed by atoms with Gasteiger partial charge in [0, 0.05) is 6.54 Å². The van der Waals surface area contributed by atoms with Crippen molar-refractivity contribution in [2.75, 3.05) is 6.54 Å². The quantitative estimate of drug-likeness (QED) is 0.734. The smallest absolute Gasteiger partial charge is 0.311 e. The van der Waals surface area contributed by atoms with Gasteiger partial charge in [-0.3, -0.25) is 9.59 Å². The third kappa shape index (κ3) is 2.19. The average Bonchev–Trinajstić information content (AvgIpc) is 2.92. The molecule has 0 bridgehead atoms. The van der Waals surface area contributed by atoms with Gasteiger partial charge < -0.3 is 15.2 Å². The van der Waals surface area contributed by atoms with Gasteiger partial charge in [0.1, 0.15) is 6.10 Å². The fourth-order valence-electron chi connectivity index (χ4n) is 1.98. The highest BCUT2D eigenvalue weighted by molar-refractivity contribution is 5.83. The Balaban J connectivity index is 1.78. The molecule has 90 valence electrons. The maximum Gasteiger partial charge on any atom is 0.311 e. The van der Waals surface area contributed by atoms with Crippen molar-refractivity contribution in [3.63, 3.8) is 0 Å². The van der Waals surface area contributed by atoms with E-state index in [0.717, 1.165) is 12.8 Å². The van der Waals surface area contributed by atoms with Crippen LogP contribution < -0.4 is 5.32 Å². The minimum atomic E-state index is -0.812. The predicted octanol–water partition coefficient (Wildman–Crippen LogP) is 0.535. The molecule has 1 heterocycles. The van der Waals surface area contributed by atoms with Crippen LogP contribution in [0, 0.1) is 5.41 Å². The van der Waals surface area contributed by atoms with E-state index in [4.69, 9.17) is 9.84 Å². The van der Waals surface area contributed by atoms with E-state index < -0.39 is 11.4 Å². The number of carboxylic acids is 1. The van der Waals surface area contributed by atoms with Gasteiger partial charge >= 0.3 is 5.97 Å². The predicted molar refractivity (Wildman–Crippen MR) is 55.9 cm³/mol. The van der Waals surface area contributed by atoms with Crippen molar-refractivity contribution in [3.05, 3.63) is 0 Å². The second kappa shape index (κ2) is 4.05. The van der Waals surface area contributed by atoms with Crippen LogP contribution in [0.2, 0.25) is 0 Å². The Hall–Kier alpha value is -1.10. The Morgan fingerprint density at radius 3 is 2.56 bits per heavy atom. The monoisotopic (exact) mass is 227 g/mol. The average molecular weight is 227 g/mol. The number of ether oxygens (including phenoxy) is 1. The number of rotatable bonds is 4. The molecule has 2 aliphatic rings. The van der Waals surface area contributed by atoms with E-state index >= 15 is 0 Å². The molecule has 1 aliphatic carbocycles. The van der Waals surface area contributed by atoms with Crippen LogP contribution in [0.1, 0.15) is 32.6 Å². The summed E-state index contributed by atoms with van der Waals surface area (Å²) in [4.78, 5) is 22.5. The Labute approximate surface area is 94.2 Å². The molecule has 16 heavy (non-hydrogen) atoms. The molecule has 0 aromatic carbocycles. The van der Waals surface area contributed by atoms with Crippen LogP contribution in [0.4, 0.5) is 0 Å². The molecule has 5 heteroatoms. The standard InChI is InChI=1S/C11H17NO4/c1-7-2-3-8(16-7)9(13)12-6-11(4-5-11)10(14)15/h7-8H,2-6H2,1H3,(H,12,13)(H,14,15). The molecule has 5 nitrogen and oxygen atoms in total. The number of nitrogens with one attached hydrogen (secondary N) is 1. The van der Waals surface area contributed by atoms with Gasteiger partial charge in [0.2, 0.25) is 5.91 Å². The molecular formula is C11H17NO4. The molecule has 1 saturated heterocycles. The summed E-state index contributed by atoms with van der Waals surface area (Å²) < 4.78 is 5.41. The van der Waals surface area contributed by atoms with Crippen molar-refractivity contribution in [3.8, 4) is 0 Å². The number of hydrogen-bond donors (Lipinski definition) is 2. The van der Waals surface area contributed by atoms with Crippen molar-refractivity contribution >= 4 is 11.9 Å². The Morgan fingerprint density at radius 1 is 1.44 bits per heavy atom. The van der Waals surface area contributed by atoms with Gasteiger partial charge in [-0.05, 0) is 32.6 Å². The third-order valence-electron chi connectivity index (χ3n) is 3.43. The summed E-state index contributed by atoms with van der Waals surface area (Å²) in [5, 5.41) is 11.6. The normalized spacial score (nSPS) is 31.1. The van der Waals surface area contributed by atoms with Crippen molar-refractivity contribution in [1.29, 1.82) is 0 Å². The lowest BCUT2D eigenvalue weighted by molar-refractivity contribution is -0.143. The summed E-state index contributed by atoms with van der Waals surface area (Å²) in [6, 6.07) is 0. The first kappa shape index (κ1) is 11.4. The number of amides is 1. The lowest BCUT2D eigenvalue weighted by atomic mass is 10.1. The minimum absolute atomic E-state index is 0.130. The highest BCUT2D eigenvalue weighted by Gasteiger charge is 2.50. The molecule has 2 rings (SSSR count). The van der Waals surface area contributed by atoms with Gasteiger partial charge in [-0.25, -0.2) is 0 Å². The molecule has 2 unspecified atom stereocenters. The topological polar surface area (TPSA) is 75.6 Å². The van der Waals surface area contributed by atoms with Gasteiger partial charge in [-0.2, -0.15) is 0 Å². The zero-order chi connectivity index (χ0) is 11.8. The summed E-state index contributed by atoms with van der Waals surface area (Å²) in [5.74, 6) is -0.981. The highest BCUT2D eigenvalue weighted by Crippen LogP contribution is 2.45. The van der Waals surface area contributed by atoms with Crippen molar-refractivity contribution < 1.29 is 19.4 Å². The summed E-state index contributed by atoms with van der Waals surface area (Å²) in [6.45, 7) is 2.17. The van der Waals surface area contributed by atoms with Gasteiger partial charge in [0.25, 0.3) is 0 Å². The highest BCUT2D eigenvalue weighted by atomic mass is 16.5. The van der Waals surface area contributed by atoms with Crippen LogP contribution in [0.5, 0.6) is 0 Å². The molecule has 2 fully saturated rings.